The fourth-order valence-electron chi connectivity index (χ4n) is 4.74. The summed E-state index contributed by atoms with van der Waals surface area (Å²) >= 11 is 0. The van der Waals surface area contributed by atoms with Gasteiger partial charge < -0.3 is 14.4 Å². The summed E-state index contributed by atoms with van der Waals surface area (Å²) in [6.07, 6.45) is 16.9. The third-order valence-corrected chi connectivity index (χ3v) is 7.14. The van der Waals surface area contributed by atoms with E-state index in [-0.39, 0.29) is 5.91 Å². The van der Waals surface area contributed by atoms with Gasteiger partial charge in [0.1, 0.15) is 6.54 Å². The molecule has 0 bridgehead atoms. The molecule has 0 fully saturated rings. The van der Waals surface area contributed by atoms with Crippen LogP contribution in [-0.4, -0.2) is 19.6 Å². The van der Waals surface area contributed by atoms with Crippen molar-refractivity contribution in [2.45, 2.75) is 91.1 Å². The SMILES string of the molecule is CCCCCCCCCCCCOc1ccc(CN(C(=O)c2cc[n+](CC)cc2)c2ccccc2)cc1OC. The zero-order valence-corrected chi connectivity index (χ0v) is 24.2. The molecule has 0 spiro atoms. The Balaban J connectivity index is 1.55. The van der Waals surface area contributed by atoms with Gasteiger partial charge in [0.2, 0.25) is 0 Å². The van der Waals surface area contributed by atoms with Gasteiger partial charge in [0, 0.05) is 17.8 Å². The number of anilines is 1. The predicted octanol–water partition coefficient (Wildman–Crippen LogP) is 8.15. The third-order valence-electron chi connectivity index (χ3n) is 7.14. The number of unbranched alkanes of at least 4 members (excludes halogenated alkanes) is 9. The summed E-state index contributed by atoms with van der Waals surface area (Å²) in [5, 5.41) is 0. The molecule has 0 aliphatic heterocycles. The lowest BCUT2D eigenvalue weighted by atomic mass is 10.1. The predicted molar refractivity (Wildman–Crippen MR) is 160 cm³/mol. The summed E-state index contributed by atoms with van der Waals surface area (Å²) in [5.74, 6) is 1.41. The number of methoxy groups -OCH3 is 1. The van der Waals surface area contributed by atoms with Gasteiger partial charge in [0.15, 0.2) is 23.9 Å². The smallest absolute Gasteiger partial charge is 0.259 e. The lowest BCUT2D eigenvalue weighted by Crippen LogP contribution is -2.34. The van der Waals surface area contributed by atoms with Crippen LogP contribution in [0.25, 0.3) is 0 Å². The monoisotopic (exact) mass is 531 g/mol. The van der Waals surface area contributed by atoms with Crippen LogP contribution in [0.1, 0.15) is 94.0 Å². The van der Waals surface area contributed by atoms with Gasteiger partial charge in [-0.25, -0.2) is 4.57 Å². The number of para-hydroxylation sites is 1. The Hall–Kier alpha value is -3.34. The number of aryl methyl sites for hydroxylation is 1. The highest BCUT2D eigenvalue weighted by Gasteiger charge is 2.20. The number of hydrogen-bond donors (Lipinski definition) is 0. The van der Waals surface area contributed by atoms with Crippen molar-refractivity contribution in [1.82, 2.24) is 0 Å². The maximum absolute atomic E-state index is 13.6. The van der Waals surface area contributed by atoms with E-state index in [1.165, 1.54) is 57.8 Å². The minimum atomic E-state index is -0.0373. The molecule has 2 aromatic carbocycles. The normalized spacial score (nSPS) is 10.8. The molecule has 0 unspecified atom stereocenters. The van der Waals surface area contributed by atoms with E-state index >= 15 is 0 Å². The van der Waals surface area contributed by atoms with Gasteiger partial charge in [-0.1, -0.05) is 89.0 Å². The van der Waals surface area contributed by atoms with E-state index < -0.39 is 0 Å². The quantitative estimate of drug-likeness (QED) is 0.123. The summed E-state index contributed by atoms with van der Waals surface area (Å²) in [6, 6.07) is 19.5. The minimum absolute atomic E-state index is 0.0373. The fourth-order valence-corrected chi connectivity index (χ4v) is 4.74. The highest BCUT2D eigenvalue weighted by Crippen LogP contribution is 2.30. The average Bonchev–Trinajstić information content (AvgIpc) is 2.99. The van der Waals surface area contributed by atoms with E-state index in [9.17, 15) is 4.79 Å². The summed E-state index contributed by atoms with van der Waals surface area (Å²) in [5.41, 5.74) is 2.50. The number of hydrogen-bond acceptors (Lipinski definition) is 3. The molecule has 0 saturated heterocycles. The van der Waals surface area contributed by atoms with E-state index in [0.29, 0.717) is 24.5 Å². The number of pyridine rings is 1. The highest BCUT2D eigenvalue weighted by atomic mass is 16.5. The zero-order valence-electron chi connectivity index (χ0n) is 24.2. The molecule has 0 saturated carbocycles. The molecule has 0 aliphatic carbocycles. The van der Waals surface area contributed by atoms with Crippen LogP contribution < -0.4 is 18.9 Å². The van der Waals surface area contributed by atoms with Crippen LogP contribution in [0.3, 0.4) is 0 Å². The van der Waals surface area contributed by atoms with Crippen molar-refractivity contribution in [2.75, 3.05) is 18.6 Å². The summed E-state index contributed by atoms with van der Waals surface area (Å²) < 4.78 is 13.8. The van der Waals surface area contributed by atoms with Crippen LogP contribution in [0, 0.1) is 0 Å². The second-order valence-electron chi connectivity index (χ2n) is 10.2. The van der Waals surface area contributed by atoms with Gasteiger partial charge in [0.25, 0.3) is 5.91 Å². The first-order chi connectivity index (χ1) is 19.2. The molecule has 1 amide bonds. The molecule has 0 radical (unpaired) electrons. The Bertz CT molecular complexity index is 1100. The van der Waals surface area contributed by atoms with Crippen LogP contribution >= 0.6 is 0 Å². The van der Waals surface area contributed by atoms with E-state index in [0.717, 1.165) is 30.0 Å². The van der Waals surface area contributed by atoms with Crippen molar-refractivity contribution >= 4 is 11.6 Å². The molecule has 0 aliphatic rings. The number of nitrogens with zero attached hydrogens (tertiary/aromatic N) is 2. The van der Waals surface area contributed by atoms with Gasteiger partial charge in [-0.3, -0.25) is 4.79 Å². The second kappa shape index (κ2) is 17.3. The molecular weight excluding hydrogens is 484 g/mol. The van der Waals surface area contributed by atoms with Crippen molar-refractivity contribution in [2.24, 2.45) is 0 Å². The molecule has 210 valence electrons. The maximum Gasteiger partial charge on any atom is 0.259 e. The largest absolute Gasteiger partial charge is 0.493 e. The zero-order chi connectivity index (χ0) is 27.7. The van der Waals surface area contributed by atoms with E-state index in [1.807, 2.05) is 82.5 Å². The molecule has 0 atom stereocenters. The van der Waals surface area contributed by atoms with Crippen LogP contribution in [0.2, 0.25) is 0 Å². The van der Waals surface area contributed by atoms with Crippen LogP contribution in [-0.2, 0) is 13.1 Å². The van der Waals surface area contributed by atoms with E-state index in [4.69, 9.17) is 9.47 Å². The van der Waals surface area contributed by atoms with Gasteiger partial charge in [-0.05, 0) is 43.2 Å². The number of amides is 1. The van der Waals surface area contributed by atoms with Crippen molar-refractivity contribution < 1.29 is 18.8 Å². The Morgan fingerprint density at radius 1 is 0.769 bits per heavy atom. The number of carbonyl (C=O) groups is 1. The first kappa shape index (κ1) is 30.2. The summed E-state index contributed by atoms with van der Waals surface area (Å²) in [4.78, 5) is 15.4. The molecule has 3 rings (SSSR count). The number of aromatic nitrogens is 1. The second-order valence-corrected chi connectivity index (χ2v) is 10.2. The van der Waals surface area contributed by atoms with Crippen molar-refractivity contribution in [3.8, 4) is 11.5 Å². The van der Waals surface area contributed by atoms with E-state index in [2.05, 4.69) is 13.8 Å². The van der Waals surface area contributed by atoms with Gasteiger partial charge >= 0.3 is 0 Å². The number of ether oxygens (including phenoxy) is 2. The molecule has 5 heteroatoms. The van der Waals surface area contributed by atoms with Gasteiger partial charge in [0.05, 0.1) is 25.8 Å². The molecule has 0 N–H and O–H groups in total. The Labute approximate surface area is 235 Å². The maximum atomic E-state index is 13.6. The lowest BCUT2D eigenvalue weighted by molar-refractivity contribution is -0.693. The highest BCUT2D eigenvalue weighted by molar-refractivity contribution is 6.05. The van der Waals surface area contributed by atoms with Gasteiger partial charge in [-0.15, -0.1) is 0 Å². The molecule has 3 aromatic rings. The molecule has 39 heavy (non-hydrogen) atoms. The number of rotatable bonds is 18. The molecule has 5 nitrogen and oxygen atoms in total. The fraction of sp³-hybridized carbons (Fsp3) is 0.471. The average molecular weight is 532 g/mol. The minimum Gasteiger partial charge on any atom is -0.493 e. The van der Waals surface area contributed by atoms with Crippen LogP contribution in [0.5, 0.6) is 11.5 Å². The Morgan fingerprint density at radius 3 is 2.03 bits per heavy atom. The lowest BCUT2D eigenvalue weighted by Gasteiger charge is -2.23. The molecule has 1 heterocycles. The number of carbonyl (C=O) groups excluding carboxylic acids is 1. The third kappa shape index (κ3) is 10.0. The van der Waals surface area contributed by atoms with Crippen molar-refractivity contribution in [3.63, 3.8) is 0 Å². The van der Waals surface area contributed by atoms with Crippen LogP contribution in [0.4, 0.5) is 5.69 Å². The molecular formula is C34H47N2O3+. The van der Waals surface area contributed by atoms with Crippen molar-refractivity contribution in [1.29, 1.82) is 0 Å². The number of benzene rings is 2. The Kier molecular flexibility index (Phi) is 13.4. The van der Waals surface area contributed by atoms with Gasteiger partial charge in [-0.2, -0.15) is 0 Å². The first-order valence-electron chi connectivity index (χ1n) is 14.8. The van der Waals surface area contributed by atoms with E-state index in [1.54, 1.807) is 7.11 Å². The Morgan fingerprint density at radius 2 is 1.41 bits per heavy atom. The first-order valence-corrected chi connectivity index (χ1v) is 14.8. The topological polar surface area (TPSA) is 42.7 Å². The summed E-state index contributed by atoms with van der Waals surface area (Å²) in [7, 11) is 1.67. The molecule has 1 aromatic heterocycles. The van der Waals surface area contributed by atoms with Crippen molar-refractivity contribution in [3.05, 3.63) is 84.2 Å². The standard InChI is InChI=1S/C34H47N2O3/c1-4-6-7-8-9-10-11-12-13-17-26-39-32-21-20-29(27-33(32)38-3)28-36(31-18-15-14-16-19-31)34(37)30-22-24-35(5-2)25-23-30/h14-16,18-25,27H,4-13,17,26,28H2,1-3H3/q+1. The summed E-state index contributed by atoms with van der Waals surface area (Å²) in [6.45, 7) is 6.33. The van der Waals surface area contributed by atoms with Crippen LogP contribution in [0.15, 0.2) is 73.1 Å².